The first-order valence-corrected chi connectivity index (χ1v) is 8.66. The summed E-state index contributed by atoms with van der Waals surface area (Å²) in [6.45, 7) is 1.08. The minimum absolute atomic E-state index is 0.580. The molecule has 1 aromatic carbocycles. The molecule has 3 nitrogen and oxygen atoms in total. The molecule has 1 aliphatic carbocycles. The molecule has 0 N–H and O–H groups in total. The van der Waals surface area contributed by atoms with E-state index in [9.17, 15) is 0 Å². The van der Waals surface area contributed by atoms with Crippen molar-refractivity contribution in [3.05, 3.63) is 38.2 Å². The molecule has 0 saturated heterocycles. The van der Waals surface area contributed by atoms with Gasteiger partial charge in [0.15, 0.2) is 5.82 Å². The number of fused-ring (bicyclic) bond motifs is 1. The number of likely N-dealkylation sites (N-methyl/N-ethyl adjacent to an activating group) is 1. The molecule has 0 bridgehead atoms. The first-order chi connectivity index (χ1) is 10.1. The van der Waals surface area contributed by atoms with E-state index in [0.29, 0.717) is 11.1 Å². The number of hydrogen-bond acceptors (Lipinski definition) is 3. The Hall–Kier alpha value is -0.880. The lowest BCUT2D eigenvalue weighted by Gasteiger charge is -2.12. The van der Waals surface area contributed by atoms with Gasteiger partial charge >= 0.3 is 0 Å². The SMILES string of the molecule is CN1CCc2cc(-c3nc(Cl)c(I)c(C4CC4)n3)ccc21. The van der Waals surface area contributed by atoms with Crippen LogP contribution < -0.4 is 4.90 Å². The first kappa shape index (κ1) is 13.8. The molecule has 2 aliphatic rings. The average molecular weight is 412 g/mol. The van der Waals surface area contributed by atoms with Crippen LogP contribution in [0.3, 0.4) is 0 Å². The molecule has 2 heterocycles. The van der Waals surface area contributed by atoms with Crippen LogP contribution in [0.25, 0.3) is 11.4 Å². The van der Waals surface area contributed by atoms with Crippen molar-refractivity contribution in [2.45, 2.75) is 25.2 Å². The highest BCUT2D eigenvalue weighted by Crippen LogP contribution is 2.43. The van der Waals surface area contributed by atoms with Crippen molar-refractivity contribution in [1.82, 2.24) is 9.97 Å². The Morgan fingerprint density at radius 1 is 1.29 bits per heavy atom. The monoisotopic (exact) mass is 411 g/mol. The largest absolute Gasteiger partial charge is 0.374 e. The molecular weight excluding hydrogens is 397 g/mol. The highest BCUT2D eigenvalue weighted by Gasteiger charge is 2.29. The fourth-order valence-electron chi connectivity index (χ4n) is 2.90. The normalized spacial score (nSPS) is 17.2. The molecule has 2 aromatic rings. The smallest absolute Gasteiger partial charge is 0.161 e. The molecule has 0 atom stereocenters. The number of anilines is 1. The number of aromatic nitrogens is 2. The zero-order chi connectivity index (χ0) is 14.6. The Morgan fingerprint density at radius 3 is 2.86 bits per heavy atom. The highest BCUT2D eigenvalue weighted by molar-refractivity contribution is 14.1. The minimum atomic E-state index is 0.580. The van der Waals surface area contributed by atoms with Crippen molar-refractivity contribution in [3.63, 3.8) is 0 Å². The van der Waals surface area contributed by atoms with Crippen LogP contribution in [0.2, 0.25) is 5.15 Å². The van der Waals surface area contributed by atoms with Crippen molar-refractivity contribution < 1.29 is 0 Å². The van der Waals surface area contributed by atoms with Gasteiger partial charge in [-0.05, 0) is 65.6 Å². The second kappa shape index (κ2) is 5.09. The molecule has 0 amide bonds. The fourth-order valence-corrected chi connectivity index (χ4v) is 3.76. The van der Waals surface area contributed by atoms with Crippen molar-refractivity contribution >= 4 is 39.9 Å². The summed E-state index contributed by atoms with van der Waals surface area (Å²) >= 11 is 8.58. The number of rotatable bonds is 2. The Balaban J connectivity index is 1.80. The van der Waals surface area contributed by atoms with E-state index in [2.05, 4.69) is 57.7 Å². The van der Waals surface area contributed by atoms with E-state index in [-0.39, 0.29) is 0 Å². The van der Waals surface area contributed by atoms with Crippen LogP contribution in [0.5, 0.6) is 0 Å². The molecule has 0 radical (unpaired) electrons. The van der Waals surface area contributed by atoms with E-state index >= 15 is 0 Å². The van der Waals surface area contributed by atoms with E-state index in [0.717, 1.165) is 33.6 Å². The van der Waals surface area contributed by atoms with Gasteiger partial charge < -0.3 is 4.90 Å². The second-order valence-corrected chi connectivity index (χ2v) is 7.26. The third-order valence-electron chi connectivity index (χ3n) is 4.27. The van der Waals surface area contributed by atoms with Crippen molar-refractivity contribution in [3.8, 4) is 11.4 Å². The first-order valence-electron chi connectivity index (χ1n) is 7.21. The topological polar surface area (TPSA) is 29.0 Å². The second-order valence-electron chi connectivity index (χ2n) is 5.83. The van der Waals surface area contributed by atoms with Crippen molar-refractivity contribution in [2.24, 2.45) is 0 Å². The van der Waals surface area contributed by atoms with E-state index in [4.69, 9.17) is 16.6 Å². The zero-order valence-corrected chi connectivity index (χ0v) is 14.6. The van der Waals surface area contributed by atoms with Gasteiger partial charge in [0.25, 0.3) is 0 Å². The van der Waals surface area contributed by atoms with E-state index in [1.165, 1.54) is 24.1 Å². The number of halogens is 2. The maximum absolute atomic E-state index is 6.31. The van der Waals surface area contributed by atoms with E-state index in [1.807, 2.05) is 0 Å². The summed E-state index contributed by atoms with van der Waals surface area (Å²) in [6, 6.07) is 6.49. The number of nitrogens with zero attached hydrogens (tertiary/aromatic N) is 3. The van der Waals surface area contributed by atoms with Gasteiger partial charge in [-0.25, -0.2) is 9.97 Å². The molecular formula is C16H15ClIN3. The minimum Gasteiger partial charge on any atom is -0.374 e. The summed E-state index contributed by atoms with van der Waals surface area (Å²) < 4.78 is 1.02. The lowest BCUT2D eigenvalue weighted by Crippen LogP contribution is -2.12. The third-order valence-corrected chi connectivity index (χ3v) is 5.92. The fraction of sp³-hybridized carbons (Fsp3) is 0.375. The van der Waals surface area contributed by atoms with Crippen LogP contribution in [-0.2, 0) is 6.42 Å². The van der Waals surface area contributed by atoms with Crippen LogP contribution in [0.15, 0.2) is 18.2 Å². The lowest BCUT2D eigenvalue weighted by molar-refractivity contribution is 0.956. The van der Waals surface area contributed by atoms with Gasteiger partial charge in [-0.1, -0.05) is 11.6 Å². The van der Waals surface area contributed by atoms with Crippen LogP contribution >= 0.6 is 34.2 Å². The standard InChI is InChI=1S/C16H15ClIN3/c1-21-7-6-10-8-11(4-5-12(10)21)16-19-14(9-2-3-9)13(18)15(17)20-16/h4-5,8-9H,2-3,6-7H2,1H3. The molecule has 0 spiro atoms. The Morgan fingerprint density at radius 2 is 2.10 bits per heavy atom. The summed E-state index contributed by atoms with van der Waals surface area (Å²) in [5.74, 6) is 1.34. The van der Waals surface area contributed by atoms with Gasteiger partial charge in [-0.15, -0.1) is 0 Å². The maximum atomic E-state index is 6.31. The van der Waals surface area contributed by atoms with Crippen LogP contribution in [0, 0.1) is 3.57 Å². The lowest BCUT2D eigenvalue weighted by atomic mass is 10.1. The van der Waals surface area contributed by atoms with Crippen molar-refractivity contribution in [2.75, 3.05) is 18.5 Å². The zero-order valence-electron chi connectivity index (χ0n) is 11.7. The Labute approximate surface area is 142 Å². The molecule has 1 saturated carbocycles. The van der Waals surface area contributed by atoms with Gasteiger partial charge in [-0.2, -0.15) is 0 Å². The maximum Gasteiger partial charge on any atom is 0.161 e. The predicted octanol–water partition coefficient (Wildman–Crippen LogP) is 4.27. The van der Waals surface area contributed by atoms with Gasteiger partial charge in [0.1, 0.15) is 5.15 Å². The quantitative estimate of drug-likeness (QED) is 0.546. The molecule has 108 valence electrons. The van der Waals surface area contributed by atoms with Crippen LogP contribution in [0.1, 0.15) is 30.0 Å². The molecule has 1 fully saturated rings. The van der Waals surface area contributed by atoms with Crippen LogP contribution in [0.4, 0.5) is 5.69 Å². The summed E-state index contributed by atoms with van der Waals surface area (Å²) in [5, 5.41) is 0.583. The molecule has 1 aromatic heterocycles. The van der Waals surface area contributed by atoms with Crippen LogP contribution in [-0.4, -0.2) is 23.6 Å². The van der Waals surface area contributed by atoms with Gasteiger partial charge in [0, 0.05) is 30.8 Å². The molecule has 4 rings (SSSR count). The summed E-state index contributed by atoms with van der Waals surface area (Å²) in [6.07, 6.45) is 3.53. The number of hydrogen-bond donors (Lipinski definition) is 0. The Kier molecular flexibility index (Phi) is 3.34. The van der Waals surface area contributed by atoms with E-state index in [1.54, 1.807) is 0 Å². The highest BCUT2D eigenvalue weighted by atomic mass is 127. The van der Waals surface area contributed by atoms with E-state index < -0.39 is 0 Å². The molecule has 21 heavy (non-hydrogen) atoms. The molecule has 0 unspecified atom stereocenters. The summed E-state index contributed by atoms with van der Waals surface area (Å²) in [4.78, 5) is 11.6. The van der Waals surface area contributed by atoms with Gasteiger partial charge in [0.05, 0.1) is 9.26 Å². The predicted molar refractivity (Wildman–Crippen MR) is 94.1 cm³/mol. The van der Waals surface area contributed by atoms with Crippen molar-refractivity contribution in [1.29, 1.82) is 0 Å². The third kappa shape index (κ3) is 2.42. The molecule has 5 heteroatoms. The average Bonchev–Trinajstić information content (AvgIpc) is 3.26. The Bertz CT molecular complexity index is 728. The summed E-state index contributed by atoms with van der Waals surface area (Å²) in [5.41, 5.74) is 4.89. The van der Waals surface area contributed by atoms with Gasteiger partial charge in [-0.3, -0.25) is 0 Å². The van der Waals surface area contributed by atoms with Gasteiger partial charge in [0.2, 0.25) is 0 Å². The molecule has 1 aliphatic heterocycles. The number of benzene rings is 1. The summed E-state index contributed by atoms with van der Waals surface area (Å²) in [7, 11) is 2.13.